The lowest BCUT2D eigenvalue weighted by molar-refractivity contribution is 0.473. The lowest BCUT2D eigenvalue weighted by Gasteiger charge is -2.35. The molecule has 0 unspecified atom stereocenters. The highest BCUT2D eigenvalue weighted by Gasteiger charge is 2.27. The molecular formula is C26H26N8. The predicted molar refractivity (Wildman–Crippen MR) is 131 cm³/mol. The van der Waals surface area contributed by atoms with E-state index in [9.17, 15) is 5.26 Å². The van der Waals surface area contributed by atoms with E-state index >= 15 is 0 Å². The smallest absolute Gasteiger partial charge is 0.152 e. The standard InChI is InChI=1S/C26H26N8/c27-16-21-10-5-11-22-26(21)30-23(17-29-22)25(20-8-2-1-3-9-20)28-13-12-18-6-4-7-19(14-18)15-24-31-33-34-32-24/h1-11,14,23,25,28-30H,12-13,15,17H2,(H,31,32,33,34)/t23-,25-/m1/s1. The van der Waals surface area contributed by atoms with E-state index in [1.807, 2.05) is 24.3 Å². The van der Waals surface area contributed by atoms with Crippen LogP contribution in [0.25, 0.3) is 0 Å². The quantitative estimate of drug-likeness (QED) is 0.325. The van der Waals surface area contributed by atoms with E-state index in [0.717, 1.165) is 36.7 Å². The zero-order chi connectivity index (χ0) is 23.2. The van der Waals surface area contributed by atoms with Crippen molar-refractivity contribution < 1.29 is 0 Å². The molecule has 0 spiro atoms. The molecule has 0 radical (unpaired) electrons. The first-order valence-corrected chi connectivity index (χ1v) is 11.4. The zero-order valence-corrected chi connectivity index (χ0v) is 18.7. The minimum absolute atomic E-state index is 0.0806. The molecule has 0 bridgehead atoms. The summed E-state index contributed by atoms with van der Waals surface area (Å²) in [5.41, 5.74) is 6.15. The maximum atomic E-state index is 9.56. The third kappa shape index (κ3) is 4.90. The van der Waals surface area contributed by atoms with Crippen LogP contribution in [-0.4, -0.2) is 39.8 Å². The van der Waals surface area contributed by atoms with Crippen molar-refractivity contribution in [3.63, 3.8) is 0 Å². The number of tetrazole rings is 1. The number of aromatic nitrogens is 4. The van der Waals surface area contributed by atoms with Crippen molar-refractivity contribution in [1.82, 2.24) is 25.9 Å². The van der Waals surface area contributed by atoms with Crippen molar-refractivity contribution in [1.29, 1.82) is 5.26 Å². The van der Waals surface area contributed by atoms with Gasteiger partial charge in [-0.1, -0.05) is 60.7 Å². The summed E-state index contributed by atoms with van der Waals surface area (Å²) in [6.45, 7) is 1.58. The lowest BCUT2D eigenvalue weighted by atomic mass is 9.95. The molecule has 1 aliphatic rings. The van der Waals surface area contributed by atoms with E-state index in [2.05, 4.69) is 91.2 Å². The second-order valence-corrected chi connectivity index (χ2v) is 8.41. The van der Waals surface area contributed by atoms with E-state index in [4.69, 9.17) is 0 Å². The highest BCUT2D eigenvalue weighted by atomic mass is 15.5. The molecule has 34 heavy (non-hydrogen) atoms. The fourth-order valence-corrected chi connectivity index (χ4v) is 4.47. The number of rotatable bonds is 8. The lowest BCUT2D eigenvalue weighted by Crippen LogP contribution is -2.44. The molecule has 0 fully saturated rings. The van der Waals surface area contributed by atoms with Gasteiger partial charge in [-0.15, -0.1) is 5.10 Å². The second kappa shape index (κ2) is 10.1. The van der Waals surface area contributed by atoms with Crippen molar-refractivity contribution in [2.45, 2.75) is 24.9 Å². The van der Waals surface area contributed by atoms with Gasteiger partial charge in [0.2, 0.25) is 0 Å². The van der Waals surface area contributed by atoms with Crippen LogP contribution < -0.4 is 16.0 Å². The summed E-state index contributed by atoms with van der Waals surface area (Å²) in [6, 6.07) is 27.2. The Balaban J connectivity index is 1.29. The van der Waals surface area contributed by atoms with Crippen molar-refractivity contribution >= 4 is 11.4 Å². The third-order valence-electron chi connectivity index (χ3n) is 6.12. The van der Waals surface area contributed by atoms with E-state index < -0.39 is 0 Å². The van der Waals surface area contributed by atoms with Gasteiger partial charge in [-0.25, -0.2) is 5.10 Å². The summed E-state index contributed by atoms with van der Waals surface area (Å²) in [7, 11) is 0. The van der Waals surface area contributed by atoms with Crippen LogP contribution in [0.3, 0.4) is 0 Å². The average Bonchev–Trinajstić information content (AvgIpc) is 3.40. The van der Waals surface area contributed by atoms with E-state index in [1.54, 1.807) is 0 Å². The average molecular weight is 451 g/mol. The fourth-order valence-electron chi connectivity index (χ4n) is 4.47. The molecule has 1 aliphatic heterocycles. The van der Waals surface area contributed by atoms with Gasteiger partial charge in [0.05, 0.1) is 29.0 Å². The Bertz CT molecular complexity index is 1260. The predicted octanol–water partition coefficient (Wildman–Crippen LogP) is 3.44. The van der Waals surface area contributed by atoms with Crippen LogP contribution in [0.5, 0.6) is 0 Å². The number of hydrogen-bond acceptors (Lipinski definition) is 7. The first-order chi connectivity index (χ1) is 16.8. The number of nitrogens with one attached hydrogen (secondary N) is 4. The van der Waals surface area contributed by atoms with Gasteiger partial charge in [-0.05, 0) is 52.2 Å². The summed E-state index contributed by atoms with van der Waals surface area (Å²) in [5.74, 6) is 0.757. The van der Waals surface area contributed by atoms with Crippen LogP contribution in [0, 0.1) is 11.3 Å². The normalized spacial score (nSPS) is 15.4. The summed E-state index contributed by atoms with van der Waals surface area (Å²) >= 11 is 0. The van der Waals surface area contributed by atoms with E-state index in [0.29, 0.717) is 12.0 Å². The maximum Gasteiger partial charge on any atom is 0.152 e. The van der Waals surface area contributed by atoms with E-state index in [1.165, 1.54) is 16.7 Å². The molecule has 0 aliphatic carbocycles. The van der Waals surface area contributed by atoms with Gasteiger partial charge in [0.1, 0.15) is 6.07 Å². The van der Waals surface area contributed by atoms with Crippen LogP contribution in [0.1, 0.15) is 34.1 Å². The number of hydrogen-bond donors (Lipinski definition) is 4. The Morgan fingerprint density at radius 1 is 1.03 bits per heavy atom. The molecule has 0 saturated carbocycles. The van der Waals surface area contributed by atoms with Crippen LogP contribution >= 0.6 is 0 Å². The topological polar surface area (TPSA) is 114 Å². The highest BCUT2D eigenvalue weighted by Crippen LogP contribution is 2.33. The highest BCUT2D eigenvalue weighted by molar-refractivity contribution is 5.77. The monoisotopic (exact) mass is 450 g/mol. The zero-order valence-electron chi connectivity index (χ0n) is 18.7. The Hall–Kier alpha value is -4.22. The van der Waals surface area contributed by atoms with Crippen molar-refractivity contribution in [3.8, 4) is 6.07 Å². The minimum Gasteiger partial charge on any atom is -0.381 e. The van der Waals surface area contributed by atoms with Crippen LogP contribution in [0.4, 0.5) is 11.4 Å². The SMILES string of the molecule is N#Cc1cccc2c1N[C@@H]([C@H](NCCc1cccc(Cc3nnn[nH]3)c1)c1ccccc1)CN2. The molecular weight excluding hydrogens is 424 g/mol. The molecule has 5 rings (SSSR count). The third-order valence-corrected chi connectivity index (χ3v) is 6.12. The number of para-hydroxylation sites is 1. The van der Waals surface area contributed by atoms with Crippen LogP contribution in [0.2, 0.25) is 0 Å². The second-order valence-electron chi connectivity index (χ2n) is 8.41. The van der Waals surface area contributed by atoms with Crippen LogP contribution in [-0.2, 0) is 12.8 Å². The Kier molecular flexibility index (Phi) is 6.45. The van der Waals surface area contributed by atoms with E-state index in [-0.39, 0.29) is 12.1 Å². The van der Waals surface area contributed by atoms with Gasteiger partial charge in [-0.3, -0.25) is 0 Å². The molecule has 2 atom stereocenters. The Labute approximate surface area is 198 Å². The molecule has 8 heteroatoms. The van der Waals surface area contributed by atoms with Gasteiger partial charge in [-0.2, -0.15) is 5.26 Å². The number of H-pyrrole nitrogens is 1. The molecule has 0 amide bonds. The number of benzene rings is 3. The number of aromatic amines is 1. The van der Waals surface area contributed by atoms with Crippen molar-refractivity contribution in [3.05, 3.63) is 101 Å². The number of anilines is 2. The van der Waals surface area contributed by atoms with Crippen LogP contribution in [0.15, 0.2) is 72.8 Å². The molecule has 3 aromatic carbocycles. The number of nitriles is 1. The van der Waals surface area contributed by atoms with Gasteiger partial charge in [0.15, 0.2) is 5.82 Å². The Morgan fingerprint density at radius 3 is 2.71 bits per heavy atom. The minimum atomic E-state index is 0.0806. The summed E-state index contributed by atoms with van der Waals surface area (Å²) in [6.07, 6.45) is 1.57. The van der Waals surface area contributed by atoms with Gasteiger partial charge in [0.25, 0.3) is 0 Å². The largest absolute Gasteiger partial charge is 0.381 e. The van der Waals surface area contributed by atoms with Crippen molar-refractivity contribution in [2.75, 3.05) is 23.7 Å². The summed E-state index contributed by atoms with van der Waals surface area (Å²) < 4.78 is 0. The first kappa shape index (κ1) is 21.6. The number of nitrogens with zero attached hydrogens (tertiary/aromatic N) is 4. The molecule has 4 aromatic rings. The first-order valence-electron chi connectivity index (χ1n) is 11.4. The van der Waals surface area contributed by atoms with Crippen molar-refractivity contribution in [2.24, 2.45) is 0 Å². The van der Waals surface area contributed by atoms with Gasteiger partial charge < -0.3 is 16.0 Å². The fraction of sp³-hybridized carbons (Fsp3) is 0.231. The molecule has 2 heterocycles. The summed E-state index contributed by atoms with van der Waals surface area (Å²) in [5, 5.41) is 34.5. The Morgan fingerprint density at radius 2 is 1.88 bits per heavy atom. The maximum absolute atomic E-state index is 9.56. The van der Waals surface area contributed by atoms with Gasteiger partial charge in [0, 0.05) is 13.0 Å². The molecule has 1 aromatic heterocycles. The molecule has 4 N–H and O–H groups in total. The summed E-state index contributed by atoms with van der Waals surface area (Å²) in [4.78, 5) is 0. The van der Waals surface area contributed by atoms with Gasteiger partial charge >= 0.3 is 0 Å². The number of fused-ring (bicyclic) bond motifs is 1. The molecule has 8 nitrogen and oxygen atoms in total. The molecule has 0 saturated heterocycles. The molecule has 170 valence electrons.